The third-order valence-electron chi connectivity index (χ3n) is 2.19. The molecular formula is C11H18N2O. The van der Waals surface area contributed by atoms with Crippen LogP contribution in [0.25, 0.3) is 0 Å². The first-order chi connectivity index (χ1) is 6.63. The lowest BCUT2D eigenvalue weighted by Crippen LogP contribution is -2.26. The Morgan fingerprint density at radius 2 is 1.86 bits per heavy atom. The molecule has 14 heavy (non-hydrogen) atoms. The van der Waals surface area contributed by atoms with E-state index >= 15 is 0 Å². The van der Waals surface area contributed by atoms with Gasteiger partial charge >= 0.3 is 0 Å². The maximum Gasteiger partial charge on any atom is 0.0585 e. The average molecular weight is 194 g/mol. The Labute approximate surface area is 85.2 Å². The molecule has 0 saturated heterocycles. The zero-order valence-corrected chi connectivity index (χ0v) is 8.77. The van der Waals surface area contributed by atoms with E-state index in [-0.39, 0.29) is 12.6 Å². The van der Waals surface area contributed by atoms with Crippen LogP contribution in [-0.4, -0.2) is 31.9 Å². The van der Waals surface area contributed by atoms with E-state index in [0.29, 0.717) is 0 Å². The van der Waals surface area contributed by atoms with Gasteiger partial charge < -0.3 is 15.7 Å². The molecule has 0 bridgehead atoms. The highest BCUT2D eigenvalue weighted by Crippen LogP contribution is 2.12. The van der Waals surface area contributed by atoms with Crippen molar-refractivity contribution < 1.29 is 5.11 Å². The first kappa shape index (κ1) is 11.0. The van der Waals surface area contributed by atoms with E-state index in [1.165, 1.54) is 5.69 Å². The van der Waals surface area contributed by atoms with Crippen LogP contribution in [-0.2, 0) is 6.42 Å². The number of aliphatic hydroxyl groups is 1. The van der Waals surface area contributed by atoms with Gasteiger partial charge in [-0.15, -0.1) is 0 Å². The van der Waals surface area contributed by atoms with Gasteiger partial charge in [-0.25, -0.2) is 0 Å². The number of benzene rings is 1. The van der Waals surface area contributed by atoms with Crippen molar-refractivity contribution in [1.29, 1.82) is 0 Å². The van der Waals surface area contributed by atoms with Gasteiger partial charge in [-0.05, 0) is 24.1 Å². The number of aliphatic hydroxyl groups excluding tert-OH is 1. The summed E-state index contributed by atoms with van der Waals surface area (Å²) < 4.78 is 0. The van der Waals surface area contributed by atoms with Crippen molar-refractivity contribution in [3.63, 3.8) is 0 Å². The molecule has 0 radical (unpaired) electrons. The van der Waals surface area contributed by atoms with E-state index in [1.807, 2.05) is 26.2 Å². The second kappa shape index (κ2) is 4.98. The first-order valence-corrected chi connectivity index (χ1v) is 4.76. The molecule has 0 spiro atoms. The van der Waals surface area contributed by atoms with Gasteiger partial charge in [0.05, 0.1) is 6.61 Å². The van der Waals surface area contributed by atoms with Crippen molar-refractivity contribution in [2.24, 2.45) is 5.73 Å². The van der Waals surface area contributed by atoms with Crippen LogP contribution in [0, 0.1) is 0 Å². The summed E-state index contributed by atoms with van der Waals surface area (Å²) >= 11 is 0. The maximum atomic E-state index is 8.81. The molecule has 0 unspecified atom stereocenters. The molecule has 0 aliphatic rings. The third-order valence-corrected chi connectivity index (χ3v) is 2.19. The molecular weight excluding hydrogens is 176 g/mol. The molecule has 3 N–H and O–H groups in total. The highest BCUT2D eigenvalue weighted by Gasteiger charge is 2.02. The molecule has 1 rings (SSSR count). The fraction of sp³-hybridized carbons (Fsp3) is 0.455. The summed E-state index contributed by atoms with van der Waals surface area (Å²) in [7, 11) is 4.02. The fourth-order valence-electron chi connectivity index (χ4n) is 1.30. The number of rotatable bonds is 4. The van der Waals surface area contributed by atoms with E-state index in [1.54, 1.807) is 0 Å². The second-order valence-corrected chi connectivity index (χ2v) is 3.71. The largest absolute Gasteiger partial charge is 0.395 e. The van der Waals surface area contributed by atoms with Crippen molar-refractivity contribution in [2.75, 3.05) is 25.6 Å². The van der Waals surface area contributed by atoms with E-state index in [4.69, 9.17) is 10.8 Å². The van der Waals surface area contributed by atoms with Gasteiger partial charge in [-0.1, -0.05) is 12.1 Å². The fourth-order valence-corrected chi connectivity index (χ4v) is 1.30. The van der Waals surface area contributed by atoms with E-state index < -0.39 is 0 Å². The smallest absolute Gasteiger partial charge is 0.0585 e. The van der Waals surface area contributed by atoms with Gasteiger partial charge in [0, 0.05) is 25.8 Å². The molecule has 0 aliphatic carbocycles. The van der Waals surface area contributed by atoms with Gasteiger partial charge in [0.1, 0.15) is 0 Å². The minimum atomic E-state index is -0.153. The number of nitrogens with zero attached hydrogens (tertiary/aromatic N) is 1. The highest BCUT2D eigenvalue weighted by molar-refractivity contribution is 5.46. The van der Waals surface area contributed by atoms with Crippen LogP contribution in [0.2, 0.25) is 0 Å². The SMILES string of the molecule is CN(C)c1ccc(C[C@H](N)CO)cc1. The van der Waals surface area contributed by atoms with Crippen LogP contribution < -0.4 is 10.6 Å². The Kier molecular flexibility index (Phi) is 3.92. The highest BCUT2D eigenvalue weighted by atomic mass is 16.3. The minimum Gasteiger partial charge on any atom is -0.395 e. The Morgan fingerprint density at radius 1 is 1.29 bits per heavy atom. The van der Waals surface area contributed by atoms with Gasteiger partial charge in [0.2, 0.25) is 0 Å². The zero-order valence-electron chi connectivity index (χ0n) is 8.77. The Morgan fingerprint density at radius 3 is 2.29 bits per heavy atom. The molecule has 0 saturated carbocycles. The molecule has 78 valence electrons. The number of hydrogen-bond acceptors (Lipinski definition) is 3. The minimum absolute atomic E-state index is 0.0371. The summed E-state index contributed by atoms with van der Waals surface area (Å²) in [5.74, 6) is 0. The van der Waals surface area contributed by atoms with E-state index in [2.05, 4.69) is 17.0 Å². The average Bonchev–Trinajstić information content (AvgIpc) is 2.18. The monoisotopic (exact) mass is 194 g/mol. The molecule has 0 aliphatic heterocycles. The van der Waals surface area contributed by atoms with E-state index in [0.717, 1.165) is 12.0 Å². The summed E-state index contributed by atoms with van der Waals surface area (Å²) in [6, 6.07) is 8.05. The standard InChI is InChI=1S/C11H18N2O/c1-13(2)11-5-3-9(4-6-11)7-10(12)8-14/h3-6,10,14H,7-8,12H2,1-2H3/t10-/m0/s1. The predicted molar refractivity (Wildman–Crippen MR) is 59.5 cm³/mol. The first-order valence-electron chi connectivity index (χ1n) is 4.76. The van der Waals surface area contributed by atoms with Crippen molar-refractivity contribution in [1.82, 2.24) is 0 Å². The molecule has 3 nitrogen and oxygen atoms in total. The lowest BCUT2D eigenvalue weighted by atomic mass is 10.1. The number of anilines is 1. The van der Waals surface area contributed by atoms with Crippen molar-refractivity contribution in [3.05, 3.63) is 29.8 Å². The lowest BCUT2D eigenvalue weighted by Gasteiger charge is -2.13. The molecule has 1 aromatic rings. The van der Waals surface area contributed by atoms with Gasteiger partial charge in [-0.3, -0.25) is 0 Å². The molecule has 0 aromatic heterocycles. The molecule has 0 amide bonds. The Hall–Kier alpha value is -1.06. The Balaban J connectivity index is 2.64. The lowest BCUT2D eigenvalue weighted by molar-refractivity contribution is 0.265. The van der Waals surface area contributed by atoms with Crippen LogP contribution >= 0.6 is 0 Å². The second-order valence-electron chi connectivity index (χ2n) is 3.71. The van der Waals surface area contributed by atoms with E-state index in [9.17, 15) is 0 Å². The van der Waals surface area contributed by atoms with Crippen LogP contribution in [0.15, 0.2) is 24.3 Å². The van der Waals surface area contributed by atoms with Gasteiger partial charge in [-0.2, -0.15) is 0 Å². The summed E-state index contributed by atoms with van der Waals surface area (Å²) in [5, 5.41) is 8.81. The quantitative estimate of drug-likeness (QED) is 0.738. The third kappa shape index (κ3) is 3.01. The molecule has 1 atom stereocenters. The topological polar surface area (TPSA) is 49.5 Å². The summed E-state index contributed by atoms with van der Waals surface area (Å²) in [4.78, 5) is 2.05. The van der Waals surface area contributed by atoms with Crippen LogP contribution in [0.4, 0.5) is 5.69 Å². The summed E-state index contributed by atoms with van der Waals surface area (Å²) in [6.07, 6.45) is 0.726. The Bertz CT molecular complexity index is 269. The van der Waals surface area contributed by atoms with Gasteiger partial charge in [0.25, 0.3) is 0 Å². The molecule has 0 heterocycles. The summed E-state index contributed by atoms with van der Waals surface area (Å²) in [5.41, 5.74) is 7.98. The normalized spacial score (nSPS) is 12.6. The summed E-state index contributed by atoms with van der Waals surface area (Å²) in [6.45, 7) is 0.0371. The number of hydrogen-bond donors (Lipinski definition) is 2. The van der Waals surface area contributed by atoms with Crippen LogP contribution in [0.5, 0.6) is 0 Å². The van der Waals surface area contributed by atoms with Crippen LogP contribution in [0.1, 0.15) is 5.56 Å². The van der Waals surface area contributed by atoms with Crippen molar-refractivity contribution >= 4 is 5.69 Å². The zero-order chi connectivity index (χ0) is 10.6. The maximum absolute atomic E-state index is 8.81. The van der Waals surface area contributed by atoms with Crippen molar-refractivity contribution in [2.45, 2.75) is 12.5 Å². The van der Waals surface area contributed by atoms with Gasteiger partial charge in [0.15, 0.2) is 0 Å². The number of nitrogens with two attached hydrogens (primary N) is 1. The molecule has 1 aromatic carbocycles. The van der Waals surface area contributed by atoms with Crippen LogP contribution in [0.3, 0.4) is 0 Å². The predicted octanol–water partition coefficient (Wildman–Crippen LogP) is 0.615. The molecule has 0 fully saturated rings. The van der Waals surface area contributed by atoms with Crippen molar-refractivity contribution in [3.8, 4) is 0 Å². The molecule has 3 heteroatoms.